The van der Waals surface area contributed by atoms with Crippen LogP contribution in [0.15, 0.2) is 24.3 Å². The van der Waals surface area contributed by atoms with Crippen LogP contribution in [0.25, 0.3) is 0 Å². The molecule has 1 aliphatic carbocycles. The largest absolute Gasteiger partial charge is 0.481 e. The van der Waals surface area contributed by atoms with Crippen molar-refractivity contribution in [2.75, 3.05) is 0 Å². The summed E-state index contributed by atoms with van der Waals surface area (Å²) in [5.74, 6) is -0.328. The van der Waals surface area contributed by atoms with Crippen molar-refractivity contribution < 1.29 is 9.90 Å². The summed E-state index contributed by atoms with van der Waals surface area (Å²) < 4.78 is 0. The normalized spacial score (nSPS) is 17.5. The summed E-state index contributed by atoms with van der Waals surface area (Å²) in [5.41, 5.74) is 1.02. The van der Waals surface area contributed by atoms with Crippen molar-refractivity contribution >= 4 is 17.6 Å². The predicted octanol–water partition coefficient (Wildman–Crippen LogP) is 3.77. The fourth-order valence-corrected chi connectivity index (χ4v) is 2.56. The molecule has 1 fully saturated rings. The maximum atomic E-state index is 11.2. The van der Waals surface area contributed by atoms with Crippen molar-refractivity contribution in [3.8, 4) is 0 Å². The molecule has 92 valence electrons. The summed E-state index contributed by atoms with van der Waals surface area (Å²) in [7, 11) is 0. The number of carboxylic acids is 1. The van der Waals surface area contributed by atoms with E-state index >= 15 is 0 Å². The molecule has 0 saturated heterocycles. The average Bonchev–Trinajstić information content (AvgIpc) is 2.21. The minimum absolute atomic E-state index is 0.265. The lowest BCUT2D eigenvalue weighted by molar-refractivity contribution is -0.142. The Labute approximate surface area is 107 Å². The fraction of sp³-hybridized carbons (Fsp3) is 0.500. The van der Waals surface area contributed by atoms with Crippen molar-refractivity contribution in [3.05, 3.63) is 34.9 Å². The number of aliphatic carboxylic acids is 1. The molecule has 0 aromatic heterocycles. The van der Waals surface area contributed by atoms with E-state index in [1.54, 1.807) is 0 Å². The van der Waals surface area contributed by atoms with Crippen LogP contribution < -0.4 is 0 Å². The first-order valence-corrected chi connectivity index (χ1v) is 6.50. The Morgan fingerprint density at radius 2 is 2.24 bits per heavy atom. The van der Waals surface area contributed by atoms with E-state index in [2.05, 4.69) is 0 Å². The summed E-state index contributed by atoms with van der Waals surface area (Å²) in [4.78, 5) is 11.2. The van der Waals surface area contributed by atoms with Gasteiger partial charge in [0.2, 0.25) is 0 Å². The van der Waals surface area contributed by atoms with Gasteiger partial charge in [0, 0.05) is 5.02 Å². The molecule has 1 saturated carbocycles. The molecule has 2 nitrogen and oxygen atoms in total. The SMILES string of the molecule is O=C(O)C(Cc1cccc(Cl)c1)CC1CCC1. The molecule has 17 heavy (non-hydrogen) atoms. The number of halogens is 1. The van der Waals surface area contributed by atoms with Gasteiger partial charge in [-0.05, 0) is 36.5 Å². The highest BCUT2D eigenvalue weighted by Crippen LogP contribution is 2.33. The molecule has 1 aliphatic rings. The Kier molecular flexibility index (Phi) is 4.06. The molecule has 3 heteroatoms. The lowest BCUT2D eigenvalue weighted by Gasteiger charge is -2.28. The van der Waals surface area contributed by atoms with Crippen LogP contribution in [0.5, 0.6) is 0 Å². The van der Waals surface area contributed by atoms with Gasteiger partial charge in [-0.15, -0.1) is 0 Å². The van der Waals surface area contributed by atoms with E-state index in [9.17, 15) is 9.90 Å². The van der Waals surface area contributed by atoms with E-state index in [1.807, 2.05) is 24.3 Å². The Hall–Kier alpha value is -1.02. The molecule has 1 atom stereocenters. The monoisotopic (exact) mass is 252 g/mol. The van der Waals surface area contributed by atoms with Gasteiger partial charge in [0.25, 0.3) is 0 Å². The molecule has 1 unspecified atom stereocenters. The standard InChI is InChI=1S/C14H17ClO2/c15-13-6-2-5-11(9-13)8-12(14(16)17)7-10-3-1-4-10/h2,5-6,9-10,12H,1,3-4,7-8H2,(H,16,17). The van der Waals surface area contributed by atoms with E-state index in [1.165, 1.54) is 19.3 Å². The number of rotatable bonds is 5. The van der Waals surface area contributed by atoms with Crippen LogP contribution in [0.2, 0.25) is 5.02 Å². The van der Waals surface area contributed by atoms with Gasteiger partial charge in [0.05, 0.1) is 5.92 Å². The number of carbonyl (C=O) groups is 1. The second-order valence-corrected chi connectivity index (χ2v) is 5.34. The smallest absolute Gasteiger partial charge is 0.306 e. The van der Waals surface area contributed by atoms with Gasteiger partial charge in [-0.25, -0.2) is 0 Å². The van der Waals surface area contributed by atoms with Crippen LogP contribution in [0.4, 0.5) is 0 Å². The van der Waals surface area contributed by atoms with Crippen molar-refractivity contribution in [2.24, 2.45) is 11.8 Å². The van der Waals surface area contributed by atoms with Gasteiger partial charge in [-0.3, -0.25) is 4.79 Å². The number of hydrogen-bond donors (Lipinski definition) is 1. The van der Waals surface area contributed by atoms with E-state index in [-0.39, 0.29) is 5.92 Å². The lowest BCUT2D eigenvalue weighted by atomic mass is 9.77. The molecule has 0 radical (unpaired) electrons. The molecule has 0 heterocycles. The predicted molar refractivity (Wildman–Crippen MR) is 68.2 cm³/mol. The summed E-state index contributed by atoms with van der Waals surface area (Å²) in [6.07, 6.45) is 5.04. The van der Waals surface area contributed by atoms with E-state index < -0.39 is 5.97 Å². The van der Waals surface area contributed by atoms with E-state index in [4.69, 9.17) is 11.6 Å². The third kappa shape index (κ3) is 3.47. The van der Waals surface area contributed by atoms with Gasteiger partial charge in [0.1, 0.15) is 0 Å². The number of benzene rings is 1. The zero-order valence-corrected chi connectivity index (χ0v) is 10.5. The molecule has 1 aromatic rings. The zero-order valence-electron chi connectivity index (χ0n) is 9.73. The van der Waals surface area contributed by atoms with Crippen LogP contribution in [0, 0.1) is 11.8 Å². The average molecular weight is 253 g/mol. The minimum Gasteiger partial charge on any atom is -0.481 e. The molecular formula is C14H17ClO2. The summed E-state index contributed by atoms with van der Waals surface area (Å²) in [6, 6.07) is 7.49. The van der Waals surface area contributed by atoms with E-state index in [0.717, 1.165) is 12.0 Å². The maximum absolute atomic E-state index is 11.2. The van der Waals surface area contributed by atoms with Crippen LogP contribution in [-0.4, -0.2) is 11.1 Å². The minimum atomic E-state index is -0.683. The molecule has 0 spiro atoms. The van der Waals surface area contributed by atoms with Crippen molar-refractivity contribution in [1.82, 2.24) is 0 Å². The first-order chi connectivity index (χ1) is 8.15. The third-order valence-electron chi connectivity index (χ3n) is 3.56. The van der Waals surface area contributed by atoms with Gasteiger partial charge in [-0.1, -0.05) is 43.0 Å². The molecule has 2 rings (SSSR count). The zero-order chi connectivity index (χ0) is 12.3. The molecular weight excluding hydrogens is 236 g/mol. The quantitative estimate of drug-likeness (QED) is 0.866. The Balaban J connectivity index is 1.99. The lowest BCUT2D eigenvalue weighted by Crippen LogP contribution is -2.23. The summed E-state index contributed by atoms with van der Waals surface area (Å²) in [5, 5.41) is 9.92. The second-order valence-electron chi connectivity index (χ2n) is 4.90. The summed E-state index contributed by atoms with van der Waals surface area (Å²) in [6.45, 7) is 0. The molecule has 1 N–H and O–H groups in total. The fourth-order valence-electron chi connectivity index (χ4n) is 2.35. The second kappa shape index (κ2) is 5.54. The van der Waals surface area contributed by atoms with Gasteiger partial charge < -0.3 is 5.11 Å². The Morgan fingerprint density at radius 1 is 1.47 bits per heavy atom. The Bertz CT molecular complexity index is 399. The molecule has 0 amide bonds. The summed E-state index contributed by atoms with van der Waals surface area (Å²) >= 11 is 5.90. The highest BCUT2D eigenvalue weighted by Gasteiger charge is 2.26. The molecule has 0 aliphatic heterocycles. The van der Waals surface area contributed by atoms with Gasteiger partial charge >= 0.3 is 5.97 Å². The molecule has 0 bridgehead atoms. The number of hydrogen-bond acceptors (Lipinski definition) is 1. The van der Waals surface area contributed by atoms with Gasteiger partial charge in [-0.2, -0.15) is 0 Å². The maximum Gasteiger partial charge on any atom is 0.306 e. The van der Waals surface area contributed by atoms with Crippen LogP contribution in [0.3, 0.4) is 0 Å². The van der Waals surface area contributed by atoms with Crippen LogP contribution in [-0.2, 0) is 11.2 Å². The number of carboxylic acid groups (broad SMARTS) is 1. The van der Waals surface area contributed by atoms with Crippen molar-refractivity contribution in [2.45, 2.75) is 32.1 Å². The first-order valence-electron chi connectivity index (χ1n) is 6.12. The van der Waals surface area contributed by atoms with Crippen LogP contribution in [0.1, 0.15) is 31.2 Å². The van der Waals surface area contributed by atoms with E-state index in [0.29, 0.717) is 17.4 Å². The third-order valence-corrected chi connectivity index (χ3v) is 3.80. The highest BCUT2D eigenvalue weighted by molar-refractivity contribution is 6.30. The van der Waals surface area contributed by atoms with Crippen molar-refractivity contribution in [3.63, 3.8) is 0 Å². The highest BCUT2D eigenvalue weighted by atomic mass is 35.5. The van der Waals surface area contributed by atoms with Crippen molar-refractivity contribution in [1.29, 1.82) is 0 Å². The van der Waals surface area contributed by atoms with Gasteiger partial charge in [0.15, 0.2) is 0 Å². The molecule has 1 aromatic carbocycles. The van der Waals surface area contributed by atoms with Crippen LogP contribution >= 0.6 is 11.6 Å². The first kappa shape index (κ1) is 12.4. The topological polar surface area (TPSA) is 37.3 Å². The Morgan fingerprint density at radius 3 is 2.76 bits per heavy atom.